The minimum absolute atomic E-state index is 0.0563. The highest BCUT2D eigenvalue weighted by Gasteiger charge is 2.41. The topological polar surface area (TPSA) is 119 Å². The molecule has 2 aromatic carbocycles. The largest absolute Gasteiger partial charge is 0.484 e. The molecule has 0 bridgehead atoms. The number of alkyl halides is 3. The van der Waals surface area contributed by atoms with Gasteiger partial charge in [-0.15, -0.1) is 0 Å². The molecule has 0 unspecified atom stereocenters. The molecule has 0 spiro atoms. The molecule has 40 heavy (non-hydrogen) atoms. The molecule has 0 radical (unpaired) electrons. The molecule has 9 nitrogen and oxygen atoms in total. The van der Waals surface area contributed by atoms with Gasteiger partial charge in [0.15, 0.2) is 22.1 Å². The summed E-state index contributed by atoms with van der Waals surface area (Å²) in [6, 6.07) is 11.8. The van der Waals surface area contributed by atoms with Crippen LogP contribution in [-0.2, 0) is 33.1 Å². The van der Waals surface area contributed by atoms with Gasteiger partial charge in [0, 0.05) is 11.8 Å². The number of anilines is 1. The maximum atomic E-state index is 13.6. The maximum absolute atomic E-state index is 13.6. The Kier molecular flexibility index (Phi) is 7.72. The first-order valence-corrected chi connectivity index (χ1v) is 14.5. The van der Waals surface area contributed by atoms with Gasteiger partial charge >= 0.3 is 6.18 Å². The van der Waals surface area contributed by atoms with Crippen LogP contribution in [-0.4, -0.2) is 54.8 Å². The van der Waals surface area contributed by atoms with Crippen LogP contribution in [0.15, 0.2) is 42.5 Å². The Labute approximate surface area is 229 Å². The number of rotatable bonds is 8. The number of carbonyl (C=O) groups excluding carboxylic acids is 2. The number of fused-ring (bicyclic) bond motifs is 1. The molecule has 2 N–H and O–H groups in total. The van der Waals surface area contributed by atoms with Gasteiger partial charge in [0.1, 0.15) is 22.9 Å². The number of benzene rings is 2. The van der Waals surface area contributed by atoms with E-state index in [1.807, 2.05) is 26.0 Å². The van der Waals surface area contributed by atoms with Gasteiger partial charge < -0.3 is 15.4 Å². The van der Waals surface area contributed by atoms with Crippen molar-refractivity contribution in [1.82, 2.24) is 15.1 Å². The number of amides is 2. The molecule has 4 rings (SSSR count). The fraction of sp³-hybridized carbons (Fsp3) is 0.370. The van der Waals surface area contributed by atoms with Gasteiger partial charge in [0.2, 0.25) is 5.91 Å². The molecule has 0 saturated carbocycles. The van der Waals surface area contributed by atoms with Crippen LogP contribution >= 0.6 is 0 Å². The monoisotopic (exact) mass is 578 g/mol. The number of nitrogens with zero attached hydrogens (tertiary/aromatic N) is 2. The minimum Gasteiger partial charge on any atom is -0.484 e. The molecule has 1 aliphatic rings. The van der Waals surface area contributed by atoms with Crippen molar-refractivity contribution in [2.24, 2.45) is 0 Å². The summed E-state index contributed by atoms with van der Waals surface area (Å²) in [5.74, 6) is -2.08. The van der Waals surface area contributed by atoms with E-state index in [1.165, 1.54) is 16.8 Å². The lowest BCUT2D eigenvalue weighted by atomic mass is 9.85. The highest BCUT2D eigenvalue weighted by Crippen LogP contribution is 2.38. The molecule has 0 fully saturated rings. The Morgan fingerprint density at radius 2 is 1.93 bits per heavy atom. The molecule has 0 aliphatic carbocycles. The van der Waals surface area contributed by atoms with E-state index in [4.69, 9.17) is 4.74 Å². The predicted molar refractivity (Wildman–Crippen MR) is 143 cm³/mol. The van der Waals surface area contributed by atoms with Crippen molar-refractivity contribution >= 4 is 27.3 Å². The summed E-state index contributed by atoms with van der Waals surface area (Å²) in [6.07, 6.45) is -3.09. The molecular formula is C27H29F3N4O5S. The van der Waals surface area contributed by atoms with Crippen LogP contribution in [0.25, 0.3) is 11.3 Å². The number of nitrogens with one attached hydrogen (secondary N) is 2. The van der Waals surface area contributed by atoms with E-state index in [0.29, 0.717) is 28.8 Å². The lowest BCUT2D eigenvalue weighted by molar-refractivity contribution is -0.153. The number of aryl methyl sites for hydroxylation is 2. The van der Waals surface area contributed by atoms with Gasteiger partial charge in [-0.3, -0.25) is 14.3 Å². The summed E-state index contributed by atoms with van der Waals surface area (Å²) in [5, 5.41) is 10.2. The smallest absolute Gasteiger partial charge is 0.422 e. The van der Waals surface area contributed by atoms with Crippen LogP contribution in [0.1, 0.15) is 41.0 Å². The Morgan fingerprint density at radius 1 is 1.23 bits per heavy atom. The first kappa shape index (κ1) is 29.1. The van der Waals surface area contributed by atoms with Crippen molar-refractivity contribution in [1.29, 1.82) is 0 Å². The van der Waals surface area contributed by atoms with Crippen molar-refractivity contribution in [2.75, 3.05) is 23.9 Å². The summed E-state index contributed by atoms with van der Waals surface area (Å²) in [4.78, 5) is 26.2. The normalized spacial score (nSPS) is 17.2. The second-order valence-electron chi connectivity index (χ2n) is 10.0. The predicted octanol–water partition coefficient (Wildman–Crippen LogP) is 4.00. The summed E-state index contributed by atoms with van der Waals surface area (Å²) < 4.78 is 67.7. The van der Waals surface area contributed by atoms with Gasteiger partial charge in [-0.25, -0.2) is 8.42 Å². The summed E-state index contributed by atoms with van der Waals surface area (Å²) >= 11 is 0. The third-order valence-corrected chi connectivity index (χ3v) is 7.32. The SMILES string of the molecule is CCc1cc(OCC(F)(F)F)ccc1[C@@]1(C)Cn2nc(-c3ccccc3C)c(NC(=O)CS(C)(=O)=O)c2C(=O)N1. The number of aromatic nitrogens is 2. The van der Waals surface area contributed by atoms with Gasteiger partial charge in [-0.05, 0) is 49.1 Å². The molecule has 1 atom stereocenters. The molecule has 1 aliphatic heterocycles. The molecule has 13 heteroatoms. The van der Waals surface area contributed by atoms with Crippen molar-refractivity contribution < 1.29 is 35.9 Å². The Bertz CT molecular complexity index is 1580. The molecule has 3 aromatic rings. The second-order valence-corrected chi connectivity index (χ2v) is 12.2. The van der Waals surface area contributed by atoms with Gasteiger partial charge in [0.05, 0.1) is 12.1 Å². The van der Waals surface area contributed by atoms with E-state index in [1.54, 1.807) is 25.1 Å². The third-order valence-electron chi connectivity index (χ3n) is 6.54. The molecule has 1 aromatic heterocycles. The van der Waals surface area contributed by atoms with Crippen LogP contribution < -0.4 is 15.4 Å². The van der Waals surface area contributed by atoms with Crippen LogP contribution in [0.2, 0.25) is 0 Å². The number of hydrogen-bond donors (Lipinski definition) is 2. The third kappa shape index (κ3) is 6.30. The van der Waals surface area contributed by atoms with Crippen LogP contribution in [0.5, 0.6) is 5.75 Å². The number of hydrogen-bond acceptors (Lipinski definition) is 6. The van der Waals surface area contributed by atoms with Gasteiger partial charge in [-0.1, -0.05) is 37.3 Å². The Hall–Kier alpha value is -3.87. The average molecular weight is 579 g/mol. The average Bonchev–Trinajstić information content (AvgIpc) is 3.18. The van der Waals surface area contributed by atoms with E-state index < -0.39 is 45.7 Å². The lowest BCUT2D eigenvalue weighted by Crippen LogP contribution is -2.52. The molecule has 2 amide bonds. The zero-order chi connectivity index (χ0) is 29.5. The first-order chi connectivity index (χ1) is 18.6. The second kappa shape index (κ2) is 10.6. The minimum atomic E-state index is -4.48. The number of halogens is 3. The van der Waals surface area contributed by atoms with Gasteiger partial charge in [-0.2, -0.15) is 18.3 Å². The number of sulfone groups is 1. The zero-order valence-corrected chi connectivity index (χ0v) is 23.2. The molecular weight excluding hydrogens is 549 g/mol. The maximum Gasteiger partial charge on any atom is 0.422 e. The summed E-state index contributed by atoms with van der Waals surface area (Å²) in [7, 11) is -3.64. The van der Waals surface area contributed by atoms with Gasteiger partial charge in [0.25, 0.3) is 5.91 Å². The van der Waals surface area contributed by atoms with E-state index in [9.17, 15) is 31.2 Å². The van der Waals surface area contributed by atoms with Crippen LogP contribution in [0.4, 0.5) is 18.9 Å². The number of carbonyl (C=O) groups is 2. The van der Waals surface area contributed by atoms with E-state index >= 15 is 0 Å². The van der Waals surface area contributed by atoms with E-state index in [0.717, 1.165) is 11.8 Å². The van der Waals surface area contributed by atoms with Crippen LogP contribution in [0, 0.1) is 6.92 Å². The molecule has 0 saturated heterocycles. The summed E-state index contributed by atoms with van der Waals surface area (Å²) in [5.41, 5.74) is 2.26. The van der Waals surface area contributed by atoms with Crippen molar-refractivity contribution in [3.8, 4) is 17.0 Å². The fourth-order valence-electron chi connectivity index (χ4n) is 4.82. The first-order valence-electron chi connectivity index (χ1n) is 12.4. The standard InChI is InChI=1S/C27H29F3N4O5S/c1-5-17-12-18(39-15-27(28,29)30)10-11-20(17)26(3)14-34-24(25(36)32-26)23(31-21(35)13-40(4,37)38)22(33-34)19-9-7-6-8-16(19)2/h6-12H,5,13-15H2,1-4H3,(H,31,35)(H,32,36)/t26-/m1/s1. The van der Waals surface area contributed by atoms with Crippen molar-refractivity contribution in [2.45, 2.75) is 45.5 Å². The zero-order valence-electron chi connectivity index (χ0n) is 22.3. The summed E-state index contributed by atoms with van der Waals surface area (Å²) in [6.45, 7) is 4.16. The molecule has 2 heterocycles. The number of ether oxygens (including phenoxy) is 1. The van der Waals surface area contributed by atoms with Crippen molar-refractivity contribution in [3.05, 3.63) is 64.8 Å². The van der Waals surface area contributed by atoms with E-state index in [2.05, 4.69) is 15.7 Å². The Balaban J connectivity index is 1.77. The highest BCUT2D eigenvalue weighted by atomic mass is 32.2. The quantitative estimate of drug-likeness (QED) is 0.417. The lowest BCUT2D eigenvalue weighted by Gasteiger charge is -2.37. The van der Waals surface area contributed by atoms with Crippen molar-refractivity contribution in [3.63, 3.8) is 0 Å². The van der Waals surface area contributed by atoms with E-state index in [-0.39, 0.29) is 23.7 Å². The Morgan fingerprint density at radius 3 is 2.55 bits per heavy atom. The fourth-order valence-corrected chi connectivity index (χ4v) is 5.37. The highest BCUT2D eigenvalue weighted by molar-refractivity contribution is 7.91. The van der Waals surface area contributed by atoms with Crippen LogP contribution in [0.3, 0.4) is 0 Å². The molecule has 214 valence electrons.